The zero-order valence-electron chi connectivity index (χ0n) is 17.0. The lowest BCUT2D eigenvalue weighted by molar-refractivity contribution is 0.00959. The summed E-state index contributed by atoms with van der Waals surface area (Å²) < 4.78 is 14.4. The van der Waals surface area contributed by atoms with Gasteiger partial charge < -0.3 is 14.0 Å². The normalized spacial score (nSPS) is 17.1. The zero-order chi connectivity index (χ0) is 21.1. The van der Waals surface area contributed by atoms with Crippen LogP contribution in [0, 0.1) is 5.41 Å². The van der Waals surface area contributed by atoms with Crippen LogP contribution in [0.25, 0.3) is 11.2 Å². The lowest BCUT2D eigenvalue weighted by atomic mass is 10.1. The third-order valence-electron chi connectivity index (χ3n) is 5.80. The molecule has 6 nitrogen and oxygen atoms in total. The molecule has 1 unspecified atom stereocenters. The van der Waals surface area contributed by atoms with Crippen molar-refractivity contribution < 1.29 is 9.47 Å². The molecule has 1 atom stereocenters. The van der Waals surface area contributed by atoms with Crippen LogP contribution in [0.5, 0.6) is 0 Å². The molecule has 2 heterocycles. The maximum Gasteiger partial charge on any atom is 0.165 e. The molecule has 0 aliphatic heterocycles. The number of benzene rings is 2. The molecule has 0 bridgehead atoms. The first-order valence-electron chi connectivity index (χ1n) is 10.3. The summed E-state index contributed by atoms with van der Waals surface area (Å²) in [7, 11) is 0. The Balaban J connectivity index is 1.31. The van der Waals surface area contributed by atoms with Crippen molar-refractivity contribution in [2.75, 3.05) is 13.2 Å². The fourth-order valence-electron chi connectivity index (χ4n) is 4.02. The molecular formula is C24H23ClN4O2. The van der Waals surface area contributed by atoms with Gasteiger partial charge in [-0.05, 0) is 17.5 Å². The lowest BCUT2D eigenvalue weighted by Crippen LogP contribution is -2.21. The number of halogens is 1. The topological polar surface area (TPSA) is 62.1 Å². The number of rotatable bonds is 9. The predicted octanol–water partition coefficient (Wildman–Crippen LogP) is 4.84. The van der Waals surface area contributed by atoms with Gasteiger partial charge in [-0.15, -0.1) is 0 Å². The van der Waals surface area contributed by atoms with Gasteiger partial charge in [0, 0.05) is 11.5 Å². The Bertz CT molecular complexity index is 1100. The second-order valence-corrected chi connectivity index (χ2v) is 8.39. The van der Waals surface area contributed by atoms with Gasteiger partial charge in [0.25, 0.3) is 0 Å². The van der Waals surface area contributed by atoms with E-state index < -0.39 is 0 Å². The van der Waals surface area contributed by atoms with Crippen molar-refractivity contribution in [1.29, 1.82) is 0 Å². The van der Waals surface area contributed by atoms with Gasteiger partial charge in [-0.3, -0.25) is 0 Å². The Morgan fingerprint density at radius 2 is 1.48 bits per heavy atom. The molecule has 1 aliphatic carbocycles. The summed E-state index contributed by atoms with van der Waals surface area (Å²) in [6.45, 7) is 2.35. The van der Waals surface area contributed by atoms with Crippen molar-refractivity contribution in [3.8, 4) is 0 Å². The number of hydrogen-bond donors (Lipinski definition) is 0. The molecule has 1 saturated carbocycles. The molecule has 0 spiro atoms. The molecule has 0 N–H and O–H groups in total. The van der Waals surface area contributed by atoms with Crippen LogP contribution in [0.4, 0.5) is 0 Å². The van der Waals surface area contributed by atoms with E-state index in [1.54, 1.807) is 6.33 Å². The van der Waals surface area contributed by atoms with E-state index in [0.717, 1.165) is 23.2 Å². The zero-order valence-corrected chi connectivity index (χ0v) is 17.8. The van der Waals surface area contributed by atoms with Crippen LogP contribution in [-0.2, 0) is 22.7 Å². The molecule has 2 aromatic heterocycles. The number of fused-ring (bicyclic) bond motifs is 1. The maximum atomic E-state index is 6.19. The molecule has 1 aliphatic rings. The van der Waals surface area contributed by atoms with E-state index >= 15 is 0 Å². The highest BCUT2D eigenvalue weighted by Gasteiger charge is 2.56. The van der Waals surface area contributed by atoms with Crippen LogP contribution in [0.15, 0.2) is 73.3 Å². The minimum Gasteiger partial charge on any atom is -0.376 e. The summed E-state index contributed by atoms with van der Waals surface area (Å²) in [5.41, 5.74) is 3.56. The maximum absolute atomic E-state index is 6.19. The van der Waals surface area contributed by atoms with E-state index in [0.29, 0.717) is 37.1 Å². The van der Waals surface area contributed by atoms with Gasteiger partial charge in [-0.1, -0.05) is 72.3 Å². The van der Waals surface area contributed by atoms with Crippen LogP contribution in [0.2, 0.25) is 5.15 Å². The van der Waals surface area contributed by atoms with Crippen molar-refractivity contribution in [1.82, 2.24) is 19.5 Å². The highest BCUT2D eigenvalue weighted by molar-refractivity contribution is 6.33. The van der Waals surface area contributed by atoms with E-state index in [1.165, 1.54) is 6.33 Å². The van der Waals surface area contributed by atoms with Crippen molar-refractivity contribution in [2.24, 2.45) is 5.41 Å². The summed E-state index contributed by atoms with van der Waals surface area (Å²) in [4.78, 5) is 12.9. The van der Waals surface area contributed by atoms with Crippen molar-refractivity contribution in [3.63, 3.8) is 0 Å². The number of hydrogen-bond acceptors (Lipinski definition) is 5. The van der Waals surface area contributed by atoms with Crippen LogP contribution in [0.1, 0.15) is 23.6 Å². The van der Waals surface area contributed by atoms with E-state index in [-0.39, 0.29) is 11.5 Å². The Hall–Kier alpha value is -2.80. The fraction of sp³-hybridized carbons (Fsp3) is 0.292. The second kappa shape index (κ2) is 8.75. The van der Waals surface area contributed by atoms with Crippen LogP contribution in [-0.4, -0.2) is 32.7 Å². The van der Waals surface area contributed by atoms with Gasteiger partial charge in [-0.25, -0.2) is 15.0 Å². The van der Waals surface area contributed by atoms with Crippen LogP contribution < -0.4 is 0 Å². The first kappa shape index (κ1) is 20.1. The molecule has 158 valence electrons. The number of imidazole rings is 1. The average molecular weight is 435 g/mol. The summed E-state index contributed by atoms with van der Waals surface area (Å²) in [6, 6.07) is 20.6. The van der Waals surface area contributed by atoms with Crippen LogP contribution >= 0.6 is 11.6 Å². The van der Waals surface area contributed by atoms with Gasteiger partial charge in [-0.2, -0.15) is 0 Å². The van der Waals surface area contributed by atoms with Gasteiger partial charge in [0.05, 0.1) is 32.8 Å². The summed E-state index contributed by atoms with van der Waals surface area (Å²) >= 11 is 6.19. The molecule has 0 saturated heterocycles. The minimum atomic E-state index is -0.130. The molecule has 0 radical (unpaired) electrons. The number of nitrogens with zero attached hydrogens (tertiary/aromatic N) is 4. The quantitative estimate of drug-likeness (QED) is 0.352. The standard InChI is InChI=1S/C24H23ClN4O2/c25-22-21-23(27-16-26-22)29(17-28-21)20-11-24(20,14-30-12-18-7-3-1-4-8-18)15-31-13-19-9-5-2-6-10-19/h1-10,16-17,20H,11-15H2. The van der Waals surface area contributed by atoms with E-state index in [1.807, 2.05) is 36.4 Å². The summed E-state index contributed by atoms with van der Waals surface area (Å²) in [6.07, 6.45) is 4.21. The van der Waals surface area contributed by atoms with E-state index in [9.17, 15) is 0 Å². The number of aromatic nitrogens is 4. The van der Waals surface area contributed by atoms with Gasteiger partial charge in [0.2, 0.25) is 0 Å². The molecule has 31 heavy (non-hydrogen) atoms. The minimum absolute atomic E-state index is 0.130. The molecule has 0 amide bonds. The largest absolute Gasteiger partial charge is 0.376 e. The van der Waals surface area contributed by atoms with E-state index in [4.69, 9.17) is 21.1 Å². The monoisotopic (exact) mass is 434 g/mol. The third kappa shape index (κ3) is 4.32. The highest BCUT2D eigenvalue weighted by atomic mass is 35.5. The lowest BCUT2D eigenvalue weighted by Gasteiger charge is -2.19. The molecule has 7 heteroatoms. The Kier molecular flexibility index (Phi) is 5.68. The van der Waals surface area contributed by atoms with Crippen LogP contribution in [0.3, 0.4) is 0 Å². The van der Waals surface area contributed by atoms with Crippen molar-refractivity contribution in [3.05, 3.63) is 89.6 Å². The summed E-state index contributed by atoms with van der Waals surface area (Å²) in [5, 5.41) is 0.371. The summed E-state index contributed by atoms with van der Waals surface area (Å²) in [5.74, 6) is 0. The molecule has 2 aromatic carbocycles. The fourth-order valence-corrected chi connectivity index (χ4v) is 4.19. The third-order valence-corrected chi connectivity index (χ3v) is 6.08. The Morgan fingerprint density at radius 3 is 2.10 bits per heavy atom. The second-order valence-electron chi connectivity index (χ2n) is 8.03. The molecule has 5 rings (SSSR count). The Morgan fingerprint density at radius 1 is 0.871 bits per heavy atom. The first-order chi connectivity index (χ1) is 15.3. The van der Waals surface area contributed by atoms with Gasteiger partial charge in [0.1, 0.15) is 11.8 Å². The first-order valence-corrected chi connectivity index (χ1v) is 10.7. The smallest absolute Gasteiger partial charge is 0.165 e. The predicted molar refractivity (Wildman–Crippen MR) is 119 cm³/mol. The van der Waals surface area contributed by atoms with E-state index in [2.05, 4.69) is 43.8 Å². The van der Waals surface area contributed by atoms with Crippen molar-refractivity contribution in [2.45, 2.75) is 25.7 Å². The molecule has 1 fully saturated rings. The molecule has 4 aromatic rings. The average Bonchev–Trinajstić information content (AvgIpc) is 3.32. The molecular weight excluding hydrogens is 412 g/mol. The Labute approximate surface area is 185 Å². The van der Waals surface area contributed by atoms with Crippen molar-refractivity contribution >= 4 is 22.8 Å². The van der Waals surface area contributed by atoms with Gasteiger partial charge >= 0.3 is 0 Å². The number of ether oxygens (including phenoxy) is 2. The van der Waals surface area contributed by atoms with Gasteiger partial charge in [0.15, 0.2) is 10.8 Å². The highest BCUT2D eigenvalue weighted by Crippen LogP contribution is 2.57. The SMILES string of the molecule is Clc1ncnc2c1ncn2C1CC1(COCc1ccccc1)COCc1ccccc1.